The second-order valence-corrected chi connectivity index (χ2v) is 2.85. The van der Waals surface area contributed by atoms with E-state index in [9.17, 15) is 4.79 Å². The van der Waals surface area contributed by atoms with Crippen LogP contribution in [0, 0.1) is 0 Å². The van der Waals surface area contributed by atoms with Crippen LogP contribution in [0.25, 0.3) is 5.57 Å². The van der Waals surface area contributed by atoms with Crippen molar-refractivity contribution in [2.45, 2.75) is 13.8 Å². The Labute approximate surface area is 77.5 Å². The average Bonchev–Trinajstić information content (AvgIpc) is 2.17. The van der Waals surface area contributed by atoms with E-state index in [0.29, 0.717) is 5.56 Å². The van der Waals surface area contributed by atoms with Gasteiger partial charge in [-0.2, -0.15) is 0 Å². The van der Waals surface area contributed by atoms with Crippen molar-refractivity contribution >= 4 is 11.5 Å². The van der Waals surface area contributed by atoms with Crippen LogP contribution in [0.1, 0.15) is 29.8 Å². The van der Waals surface area contributed by atoms with E-state index in [-0.39, 0.29) is 0 Å². The molecule has 0 aliphatic heterocycles. The first-order valence-corrected chi connectivity index (χ1v) is 4.12. The largest absolute Gasteiger partial charge is 0.478 e. The minimum atomic E-state index is -0.885. The highest BCUT2D eigenvalue weighted by Gasteiger charge is 2.01. The molecule has 2 heteroatoms. The van der Waals surface area contributed by atoms with Crippen LogP contribution < -0.4 is 0 Å². The fraction of sp³-hybridized carbons (Fsp3) is 0.182. The van der Waals surface area contributed by atoms with E-state index in [1.165, 1.54) is 0 Å². The van der Waals surface area contributed by atoms with Crippen molar-refractivity contribution in [2.75, 3.05) is 0 Å². The third kappa shape index (κ3) is 2.18. The maximum absolute atomic E-state index is 10.5. The van der Waals surface area contributed by atoms with Gasteiger partial charge in [-0.05, 0) is 37.1 Å². The zero-order valence-corrected chi connectivity index (χ0v) is 7.74. The summed E-state index contributed by atoms with van der Waals surface area (Å²) >= 11 is 0. The Kier molecular flexibility index (Phi) is 2.85. The summed E-state index contributed by atoms with van der Waals surface area (Å²) in [6, 6.07) is 6.87. The molecule has 0 saturated carbocycles. The number of carboxylic acid groups (broad SMARTS) is 1. The SMILES string of the molecule is CC=C(C)c1ccc(C(=O)O)cc1. The van der Waals surface area contributed by atoms with Crippen LogP contribution in [-0.2, 0) is 0 Å². The lowest BCUT2D eigenvalue weighted by molar-refractivity contribution is 0.0697. The first-order chi connectivity index (χ1) is 6.15. The van der Waals surface area contributed by atoms with Gasteiger partial charge in [-0.15, -0.1) is 0 Å². The number of benzene rings is 1. The zero-order valence-electron chi connectivity index (χ0n) is 7.74. The Morgan fingerprint density at radius 1 is 1.23 bits per heavy atom. The summed E-state index contributed by atoms with van der Waals surface area (Å²) in [6.07, 6.45) is 2.00. The molecule has 68 valence electrons. The number of allylic oxidation sites excluding steroid dienone is 2. The van der Waals surface area contributed by atoms with Gasteiger partial charge in [-0.25, -0.2) is 4.79 Å². The molecule has 1 aromatic carbocycles. The van der Waals surface area contributed by atoms with Crippen molar-refractivity contribution in [1.82, 2.24) is 0 Å². The lowest BCUT2D eigenvalue weighted by Crippen LogP contribution is -1.95. The fourth-order valence-electron chi connectivity index (χ4n) is 1.04. The number of carbonyl (C=O) groups is 1. The van der Waals surface area contributed by atoms with Gasteiger partial charge >= 0.3 is 5.97 Å². The summed E-state index contributed by atoms with van der Waals surface area (Å²) in [5.41, 5.74) is 2.54. The molecule has 0 spiro atoms. The Bertz CT molecular complexity index is 334. The van der Waals surface area contributed by atoms with E-state index >= 15 is 0 Å². The fourth-order valence-corrected chi connectivity index (χ4v) is 1.04. The highest BCUT2D eigenvalue weighted by Crippen LogP contribution is 2.13. The number of aromatic carboxylic acids is 1. The van der Waals surface area contributed by atoms with Crippen molar-refractivity contribution < 1.29 is 9.90 Å². The van der Waals surface area contributed by atoms with Crippen LogP contribution in [0.4, 0.5) is 0 Å². The maximum Gasteiger partial charge on any atom is 0.335 e. The molecule has 1 N–H and O–H groups in total. The average molecular weight is 176 g/mol. The Morgan fingerprint density at radius 2 is 1.69 bits per heavy atom. The zero-order chi connectivity index (χ0) is 9.84. The number of carboxylic acids is 1. The van der Waals surface area contributed by atoms with Gasteiger partial charge in [0, 0.05) is 0 Å². The molecule has 13 heavy (non-hydrogen) atoms. The van der Waals surface area contributed by atoms with Crippen LogP contribution >= 0.6 is 0 Å². The molecule has 0 heterocycles. The summed E-state index contributed by atoms with van der Waals surface area (Å²) in [5.74, 6) is -0.885. The number of hydrogen-bond donors (Lipinski definition) is 1. The van der Waals surface area contributed by atoms with Crippen molar-refractivity contribution in [3.8, 4) is 0 Å². The molecule has 2 nitrogen and oxygen atoms in total. The van der Waals surface area contributed by atoms with Gasteiger partial charge < -0.3 is 5.11 Å². The van der Waals surface area contributed by atoms with Gasteiger partial charge in [0.1, 0.15) is 0 Å². The summed E-state index contributed by atoms with van der Waals surface area (Å²) in [4.78, 5) is 10.5. The molecule has 0 radical (unpaired) electrons. The highest BCUT2D eigenvalue weighted by molar-refractivity contribution is 5.88. The second kappa shape index (κ2) is 3.90. The third-order valence-electron chi connectivity index (χ3n) is 2.02. The van der Waals surface area contributed by atoms with E-state index in [0.717, 1.165) is 11.1 Å². The minimum absolute atomic E-state index is 0.327. The smallest absolute Gasteiger partial charge is 0.335 e. The van der Waals surface area contributed by atoms with E-state index in [2.05, 4.69) is 0 Å². The first kappa shape index (κ1) is 9.52. The van der Waals surface area contributed by atoms with E-state index < -0.39 is 5.97 Å². The molecule has 0 aliphatic carbocycles. The predicted octanol–water partition coefficient (Wildman–Crippen LogP) is 2.81. The van der Waals surface area contributed by atoms with Crippen molar-refractivity contribution in [2.24, 2.45) is 0 Å². The standard InChI is InChI=1S/C11H12O2/c1-3-8(2)9-4-6-10(7-5-9)11(12)13/h3-7H,1-2H3,(H,12,13). The van der Waals surface area contributed by atoms with E-state index in [4.69, 9.17) is 5.11 Å². The molecule has 0 atom stereocenters. The van der Waals surface area contributed by atoms with Gasteiger partial charge in [0.05, 0.1) is 5.56 Å². The molecule has 0 unspecified atom stereocenters. The number of rotatable bonds is 2. The molecule has 1 aromatic rings. The van der Waals surface area contributed by atoms with E-state index in [1.54, 1.807) is 12.1 Å². The summed E-state index contributed by atoms with van der Waals surface area (Å²) in [7, 11) is 0. The minimum Gasteiger partial charge on any atom is -0.478 e. The highest BCUT2D eigenvalue weighted by atomic mass is 16.4. The molecule has 0 saturated heterocycles. The predicted molar refractivity (Wildman–Crippen MR) is 52.7 cm³/mol. The lowest BCUT2D eigenvalue weighted by atomic mass is 10.1. The number of hydrogen-bond acceptors (Lipinski definition) is 1. The molecule has 0 fully saturated rings. The molecule has 0 amide bonds. The maximum atomic E-state index is 10.5. The molecular formula is C11H12O2. The monoisotopic (exact) mass is 176 g/mol. The van der Waals surface area contributed by atoms with Crippen molar-refractivity contribution in [1.29, 1.82) is 0 Å². The molecule has 1 rings (SSSR count). The Morgan fingerprint density at radius 3 is 2.08 bits per heavy atom. The van der Waals surface area contributed by atoms with Gasteiger partial charge in [-0.3, -0.25) is 0 Å². The lowest BCUT2D eigenvalue weighted by Gasteiger charge is -2.00. The van der Waals surface area contributed by atoms with Crippen molar-refractivity contribution in [3.05, 3.63) is 41.5 Å². The third-order valence-corrected chi connectivity index (χ3v) is 2.02. The van der Waals surface area contributed by atoms with Gasteiger partial charge in [0.15, 0.2) is 0 Å². The van der Waals surface area contributed by atoms with Crippen LogP contribution in [0.15, 0.2) is 30.3 Å². The Hall–Kier alpha value is -1.57. The normalized spacial score (nSPS) is 11.4. The quantitative estimate of drug-likeness (QED) is 0.752. The van der Waals surface area contributed by atoms with Crippen molar-refractivity contribution in [3.63, 3.8) is 0 Å². The van der Waals surface area contributed by atoms with Gasteiger partial charge in [-0.1, -0.05) is 18.2 Å². The van der Waals surface area contributed by atoms with E-state index in [1.807, 2.05) is 32.1 Å². The van der Waals surface area contributed by atoms with Gasteiger partial charge in [0.25, 0.3) is 0 Å². The molecule has 0 aliphatic rings. The van der Waals surface area contributed by atoms with Crippen LogP contribution in [-0.4, -0.2) is 11.1 Å². The summed E-state index contributed by atoms with van der Waals surface area (Å²) < 4.78 is 0. The molecule has 0 aromatic heterocycles. The summed E-state index contributed by atoms with van der Waals surface area (Å²) in [6.45, 7) is 3.95. The second-order valence-electron chi connectivity index (χ2n) is 2.85. The first-order valence-electron chi connectivity index (χ1n) is 4.12. The van der Waals surface area contributed by atoms with Crippen LogP contribution in [0.2, 0.25) is 0 Å². The van der Waals surface area contributed by atoms with Crippen LogP contribution in [0.5, 0.6) is 0 Å². The summed E-state index contributed by atoms with van der Waals surface area (Å²) in [5, 5.41) is 8.66. The topological polar surface area (TPSA) is 37.3 Å². The van der Waals surface area contributed by atoms with Crippen LogP contribution in [0.3, 0.4) is 0 Å². The Balaban J connectivity index is 3.00. The molecular weight excluding hydrogens is 164 g/mol. The van der Waals surface area contributed by atoms with Gasteiger partial charge in [0.2, 0.25) is 0 Å². The molecule has 0 bridgehead atoms.